The average Bonchev–Trinajstić information content (AvgIpc) is 2.80. The van der Waals surface area contributed by atoms with Crippen LogP contribution in [0.25, 0.3) is 0 Å². The predicted molar refractivity (Wildman–Crippen MR) is 101 cm³/mol. The van der Waals surface area contributed by atoms with Gasteiger partial charge in [0.05, 0.1) is 0 Å². The van der Waals surface area contributed by atoms with Crippen molar-refractivity contribution < 1.29 is 14.3 Å². The third kappa shape index (κ3) is 4.05. The van der Waals surface area contributed by atoms with E-state index in [0.29, 0.717) is 6.54 Å². The zero-order valence-electron chi connectivity index (χ0n) is 16.8. The van der Waals surface area contributed by atoms with Gasteiger partial charge in [0.2, 0.25) is 5.95 Å². The van der Waals surface area contributed by atoms with Gasteiger partial charge in [-0.05, 0) is 25.3 Å². The van der Waals surface area contributed by atoms with E-state index in [9.17, 15) is 9.59 Å². The van der Waals surface area contributed by atoms with Gasteiger partial charge in [-0.25, -0.2) is 19.7 Å². The van der Waals surface area contributed by atoms with Crippen LogP contribution in [-0.2, 0) is 9.53 Å². The van der Waals surface area contributed by atoms with Gasteiger partial charge in [0, 0.05) is 51.2 Å². The van der Waals surface area contributed by atoms with Crippen molar-refractivity contribution in [3.8, 4) is 0 Å². The lowest BCUT2D eigenvalue weighted by Gasteiger charge is -2.45. The molecular weight excluding hydrogens is 346 g/mol. The van der Waals surface area contributed by atoms with Crippen molar-refractivity contribution in [2.24, 2.45) is 5.41 Å². The van der Waals surface area contributed by atoms with Gasteiger partial charge < -0.3 is 9.64 Å². The molecule has 0 aromatic carbocycles. The summed E-state index contributed by atoms with van der Waals surface area (Å²) in [5.41, 5.74) is -1.18. The summed E-state index contributed by atoms with van der Waals surface area (Å²) in [5.74, 6) is 0.475. The van der Waals surface area contributed by atoms with Crippen LogP contribution >= 0.6 is 0 Å². The number of anilines is 1. The minimum Gasteiger partial charge on any atom is -0.433 e. The molecule has 2 aliphatic rings. The van der Waals surface area contributed by atoms with Crippen LogP contribution in [0.2, 0.25) is 0 Å². The van der Waals surface area contributed by atoms with Crippen molar-refractivity contribution in [2.75, 3.05) is 37.6 Å². The van der Waals surface area contributed by atoms with E-state index in [1.807, 2.05) is 6.07 Å². The first kappa shape index (κ1) is 19.5. The van der Waals surface area contributed by atoms with E-state index in [1.54, 1.807) is 26.2 Å². The minimum absolute atomic E-state index is 0.0433. The second-order valence-electron chi connectivity index (χ2n) is 8.75. The summed E-state index contributed by atoms with van der Waals surface area (Å²) in [7, 11) is 0. The molecule has 8 nitrogen and oxygen atoms in total. The van der Waals surface area contributed by atoms with Gasteiger partial charge in [-0.15, -0.1) is 0 Å². The predicted octanol–water partition coefficient (Wildman–Crippen LogP) is 1.77. The Labute approximate surface area is 160 Å². The largest absolute Gasteiger partial charge is 0.433 e. The molecule has 0 aliphatic carbocycles. The molecule has 0 spiro atoms. The molecule has 0 N–H and O–H groups in total. The Hall–Kier alpha value is -2.22. The summed E-state index contributed by atoms with van der Waals surface area (Å²) >= 11 is 0. The highest BCUT2D eigenvalue weighted by atomic mass is 16.6. The van der Waals surface area contributed by atoms with Crippen LogP contribution < -0.4 is 4.90 Å². The highest BCUT2D eigenvalue weighted by Gasteiger charge is 2.49. The number of amides is 2. The van der Waals surface area contributed by atoms with E-state index in [-0.39, 0.29) is 17.4 Å². The fourth-order valence-electron chi connectivity index (χ4n) is 3.68. The highest BCUT2D eigenvalue weighted by Crippen LogP contribution is 2.30. The molecule has 3 heterocycles. The summed E-state index contributed by atoms with van der Waals surface area (Å²) in [5, 5.41) is 0. The summed E-state index contributed by atoms with van der Waals surface area (Å²) in [6, 6.07) is 1.85. The first-order chi connectivity index (χ1) is 12.6. The molecule has 1 aromatic heterocycles. The standard InChI is InChI=1S/C19H29N5O3/c1-18(2,3)14(13-24-15(25)19(4,5)27-17(24)26)22-9-11-23(12-10-22)16-20-7-6-8-21-16/h6-8,14H,9-13H2,1-5H3. The molecular formula is C19H29N5O3. The monoisotopic (exact) mass is 375 g/mol. The maximum Gasteiger partial charge on any atom is 0.417 e. The van der Waals surface area contributed by atoms with Gasteiger partial charge in [0.25, 0.3) is 5.91 Å². The number of hydrogen-bond acceptors (Lipinski definition) is 7. The Kier molecular flexibility index (Phi) is 5.12. The molecule has 1 unspecified atom stereocenters. The van der Waals surface area contributed by atoms with Crippen molar-refractivity contribution in [2.45, 2.75) is 46.3 Å². The molecule has 27 heavy (non-hydrogen) atoms. The topological polar surface area (TPSA) is 78.9 Å². The number of nitrogens with zero attached hydrogens (tertiary/aromatic N) is 5. The number of cyclic esters (lactones) is 1. The van der Waals surface area contributed by atoms with Gasteiger partial charge in [0.15, 0.2) is 5.60 Å². The summed E-state index contributed by atoms with van der Waals surface area (Å²) < 4.78 is 5.24. The first-order valence-corrected chi connectivity index (χ1v) is 9.40. The average molecular weight is 375 g/mol. The molecule has 1 aromatic rings. The zero-order chi connectivity index (χ0) is 19.8. The Bertz CT molecular complexity index is 693. The minimum atomic E-state index is -1.08. The number of imide groups is 1. The van der Waals surface area contributed by atoms with Crippen LogP contribution in [0.4, 0.5) is 10.7 Å². The smallest absolute Gasteiger partial charge is 0.417 e. The number of ether oxygens (including phenoxy) is 1. The van der Waals surface area contributed by atoms with E-state index in [2.05, 4.69) is 40.5 Å². The molecule has 0 radical (unpaired) electrons. The molecule has 0 bridgehead atoms. The summed E-state index contributed by atoms with van der Waals surface area (Å²) in [6.45, 7) is 13.3. The summed E-state index contributed by atoms with van der Waals surface area (Å²) in [6.07, 6.45) is 2.95. The molecule has 2 aliphatic heterocycles. The molecule has 3 rings (SSSR count). The molecule has 8 heteroatoms. The number of hydrogen-bond donors (Lipinski definition) is 0. The number of rotatable bonds is 4. The molecule has 2 amide bonds. The van der Waals surface area contributed by atoms with Crippen molar-refractivity contribution in [1.82, 2.24) is 19.8 Å². The lowest BCUT2D eigenvalue weighted by molar-refractivity contribution is -0.135. The molecule has 0 saturated carbocycles. The van der Waals surface area contributed by atoms with E-state index >= 15 is 0 Å². The third-order valence-electron chi connectivity index (χ3n) is 5.27. The van der Waals surface area contributed by atoms with Crippen molar-refractivity contribution >= 4 is 17.9 Å². The number of aromatic nitrogens is 2. The maximum absolute atomic E-state index is 12.6. The van der Waals surface area contributed by atoms with Gasteiger partial charge in [-0.2, -0.15) is 0 Å². The van der Waals surface area contributed by atoms with Crippen LogP contribution in [-0.4, -0.2) is 76.1 Å². The van der Waals surface area contributed by atoms with Crippen LogP contribution in [0.1, 0.15) is 34.6 Å². The molecule has 148 valence electrons. The van der Waals surface area contributed by atoms with Crippen molar-refractivity contribution in [3.05, 3.63) is 18.5 Å². The van der Waals surface area contributed by atoms with Crippen LogP contribution in [0.15, 0.2) is 18.5 Å². The van der Waals surface area contributed by atoms with Crippen LogP contribution in [0.5, 0.6) is 0 Å². The van der Waals surface area contributed by atoms with Gasteiger partial charge >= 0.3 is 6.09 Å². The first-order valence-electron chi connectivity index (χ1n) is 9.40. The number of carbonyl (C=O) groups excluding carboxylic acids is 2. The lowest BCUT2D eigenvalue weighted by atomic mass is 9.84. The fraction of sp³-hybridized carbons (Fsp3) is 0.684. The molecule has 2 saturated heterocycles. The number of carbonyl (C=O) groups is 2. The zero-order valence-corrected chi connectivity index (χ0v) is 16.8. The normalized spacial score (nSPS) is 22.1. The molecule has 2 fully saturated rings. The van der Waals surface area contributed by atoms with E-state index < -0.39 is 11.7 Å². The Morgan fingerprint density at radius 1 is 1.11 bits per heavy atom. The van der Waals surface area contributed by atoms with Crippen molar-refractivity contribution in [1.29, 1.82) is 0 Å². The Morgan fingerprint density at radius 2 is 1.70 bits per heavy atom. The van der Waals surface area contributed by atoms with E-state index in [4.69, 9.17) is 4.74 Å². The lowest BCUT2D eigenvalue weighted by Crippen LogP contribution is -2.58. The van der Waals surface area contributed by atoms with E-state index in [1.165, 1.54) is 4.90 Å². The molecule has 1 atom stereocenters. The Balaban J connectivity index is 1.70. The third-order valence-corrected chi connectivity index (χ3v) is 5.27. The van der Waals surface area contributed by atoms with Gasteiger partial charge in [0.1, 0.15) is 0 Å². The maximum atomic E-state index is 12.6. The summed E-state index contributed by atoms with van der Waals surface area (Å²) in [4.78, 5) is 39.2. The van der Waals surface area contributed by atoms with Crippen LogP contribution in [0.3, 0.4) is 0 Å². The van der Waals surface area contributed by atoms with E-state index in [0.717, 1.165) is 32.1 Å². The second kappa shape index (κ2) is 7.07. The van der Waals surface area contributed by atoms with Gasteiger partial charge in [-0.3, -0.25) is 9.69 Å². The SMILES string of the molecule is CC1(C)OC(=O)N(CC(N2CCN(c3ncccn3)CC2)C(C)(C)C)C1=O. The fourth-order valence-corrected chi connectivity index (χ4v) is 3.68. The Morgan fingerprint density at radius 3 is 2.19 bits per heavy atom. The highest BCUT2D eigenvalue weighted by molar-refractivity contribution is 6.02. The quantitative estimate of drug-likeness (QED) is 0.793. The van der Waals surface area contributed by atoms with Gasteiger partial charge in [-0.1, -0.05) is 20.8 Å². The second-order valence-corrected chi connectivity index (χ2v) is 8.75. The van der Waals surface area contributed by atoms with Crippen LogP contribution in [0, 0.1) is 5.41 Å². The number of piperazine rings is 1. The van der Waals surface area contributed by atoms with Crippen molar-refractivity contribution in [3.63, 3.8) is 0 Å².